The molecule has 1 aliphatic rings. The van der Waals surface area contributed by atoms with Gasteiger partial charge < -0.3 is 16.0 Å². The van der Waals surface area contributed by atoms with Gasteiger partial charge in [-0.25, -0.2) is 9.97 Å². The molecule has 24 heavy (non-hydrogen) atoms. The number of nitriles is 1. The molecule has 0 spiro atoms. The number of thiophene rings is 1. The number of carbonyl (C=O) groups is 1. The van der Waals surface area contributed by atoms with E-state index < -0.39 is 6.04 Å². The lowest BCUT2D eigenvalue weighted by atomic mass is 10.1. The van der Waals surface area contributed by atoms with Crippen LogP contribution in [0.5, 0.6) is 0 Å². The molecule has 1 saturated heterocycles. The van der Waals surface area contributed by atoms with E-state index in [1.165, 1.54) is 6.20 Å². The van der Waals surface area contributed by atoms with Crippen LogP contribution in [-0.4, -0.2) is 41.0 Å². The summed E-state index contributed by atoms with van der Waals surface area (Å²) in [7, 11) is 0. The van der Waals surface area contributed by atoms with Crippen LogP contribution in [0.15, 0.2) is 29.9 Å². The molecule has 2 aromatic rings. The summed E-state index contributed by atoms with van der Waals surface area (Å²) in [5.41, 5.74) is 6.30. The maximum atomic E-state index is 12.3. The fraction of sp³-hybridized carbons (Fsp3) is 0.375. The zero-order valence-electron chi connectivity index (χ0n) is 13.1. The van der Waals surface area contributed by atoms with Crippen molar-refractivity contribution in [3.05, 3.63) is 40.5 Å². The highest BCUT2D eigenvalue weighted by molar-refractivity contribution is 7.09. The van der Waals surface area contributed by atoms with Gasteiger partial charge in [0.15, 0.2) is 11.5 Å². The summed E-state index contributed by atoms with van der Waals surface area (Å²) in [4.78, 5) is 23.6. The van der Waals surface area contributed by atoms with Crippen LogP contribution in [0.4, 0.5) is 5.82 Å². The number of nitrogens with one attached hydrogen (secondary N) is 1. The van der Waals surface area contributed by atoms with Crippen LogP contribution in [0.2, 0.25) is 0 Å². The smallest absolute Gasteiger partial charge is 0.237 e. The molecule has 2 unspecified atom stereocenters. The van der Waals surface area contributed by atoms with E-state index in [0.717, 1.165) is 17.8 Å². The second-order valence-electron chi connectivity index (χ2n) is 5.67. The van der Waals surface area contributed by atoms with Crippen molar-refractivity contribution in [2.45, 2.75) is 24.9 Å². The predicted molar refractivity (Wildman–Crippen MR) is 91.5 cm³/mol. The van der Waals surface area contributed by atoms with Crippen molar-refractivity contribution in [1.82, 2.24) is 15.3 Å². The van der Waals surface area contributed by atoms with Gasteiger partial charge in [0.2, 0.25) is 5.91 Å². The number of nitrogens with two attached hydrogens (primary N) is 1. The Hall–Kier alpha value is -2.50. The van der Waals surface area contributed by atoms with Crippen LogP contribution in [0.1, 0.15) is 17.0 Å². The molecule has 3 heterocycles. The first-order valence-corrected chi connectivity index (χ1v) is 8.59. The van der Waals surface area contributed by atoms with E-state index in [1.54, 1.807) is 17.5 Å². The van der Waals surface area contributed by atoms with Gasteiger partial charge in [-0.15, -0.1) is 11.3 Å². The van der Waals surface area contributed by atoms with Gasteiger partial charge in [0.05, 0.1) is 6.04 Å². The Labute approximate surface area is 144 Å². The van der Waals surface area contributed by atoms with Gasteiger partial charge in [-0.05, 0) is 17.9 Å². The Morgan fingerprint density at radius 1 is 1.54 bits per heavy atom. The number of hydrogen-bond donors (Lipinski definition) is 2. The van der Waals surface area contributed by atoms with Crippen LogP contribution < -0.4 is 16.0 Å². The van der Waals surface area contributed by atoms with E-state index in [1.807, 2.05) is 28.5 Å². The zero-order valence-corrected chi connectivity index (χ0v) is 13.9. The van der Waals surface area contributed by atoms with Crippen molar-refractivity contribution in [2.75, 3.05) is 18.0 Å². The second-order valence-corrected chi connectivity index (χ2v) is 6.70. The molecule has 8 heteroatoms. The van der Waals surface area contributed by atoms with Gasteiger partial charge in [0.1, 0.15) is 6.07 Å². The van der Waals surface area contributed by atoms with Crippen LogP contribution in [0.3, 0.4) is 0 Å². The lowest BCUT2D eigenvalue weighted by molar-refractivity contribution is -0.122. The molecule has 7 nitrogen and oxygen atoms in total. The second kappa shape index (κ2) is 7.38. The third-order valence-electron chi connectivity index (χ3n) is 3.96. The monoisotopic (exact) mass is 342 g/mol. The first kappa shape index (κ1) is 16.4. The van der Waals surface area contributed by atoms with E-state index in [4.69, 9.17) is 11.0 Å². The Kier molecular flexibility index (Phi) is 5.03. The third kappa shape index (κ3) is 3.69. The summed E-state index contributed by atoms with van der Waals surface area (Å²) in [5.74, 6) is 0.425. The Morgan fingerprint density at radius 2 is 2.38 bits per heavy atom. The Balaban J connectivity index is 1.56. The quantitative estimate of drug-likeness (QED) is 0.827. The summed E-state index contributed by atoms with van der Waals surface area (Å²) in [6.45, 7) is 1.32. The van der Waals surface area contributed by atoms with Crippen molar-refractivity contribution < 1.29 is 4.79 Å². The highest BCUT2D eigenvalue weighted by Crippen LogP contribution is 2.20. The Bertz CT molecular complexity index is 741. The first-order valence-electron chi connectivity index (χ1n) is 7.71. The van der Waals surface area contributed by atoms with Crippen molar-refractivity contribution in [2.24, 2.45) is 5.73 Å². The Morgan fingerprint density at radius 3 is 3.12 bits per heavy atom. The molecule has 1 amide bonds. The van der Waals surface area contributed by atoms with E-state index >= 15 is 0 Å². The molecule has 0 aromatic carbocycles. The summed E-state index contributed by atoms with van der Waals surface area (Å²) in [6.07, 6.45) is 4.40. The maximum Gasteiger partial charge on any atom is 0.237 e. The summed E-state index contributed by atoms with van der Waals surface area (Å²) >= 11 is 1.60. The lowest BCUT2D eigenvalue weighted by Crippen LogP contribution is -2.47. The first-order chi connectivity index (χ1) is 11.7. The summed E-state index contributed by atoms with van der Waals surface area (Å²) in [6, 6.07) is 5.43. The molecule has 0 bridgehead atoms. The van der Waals surface area contributed by atoms with E-state index in [0.29, 0.717) is 24.5 Å². The number of hydrogen-bond acceptors (Lipinski definition) is 7. The minimum absolute atomic E-state index is 0.000402. The van der Waals surface area contributed by atoms with E-state index in [2.05, 4.69) is 15.3 Å². The molecule has 2 aromatic heterocycles. The molecular formula is C16H18N6OS. The molecule has 1 fully saturated rings. The summed E-state index contributed by atoms with van der Waals surface area (Å²) in [5, 5.41) is 14.1. The van der Waals surface area contributed by atoms with Gasteiger partial charge in [-0.1, -0.05) is 6.07 Å². The van der Waals surface area contributed by atoms with Gasteiger partial charge in [-0.3, -0.25) is 4.79 Å². The number of carbonyl (C=O) groups excluding carboxylic acids is 1. The minimum atomic E-state index is -0.552. The number of amides is 1. The van der Waals surface area contributed by atoms with Crippen LogP contribution in [0, 0.1) is 11.3 Å². The fourth-order valence-electron chi connectivity index (χ4n) is 2.76. The van der Waals surface area contributed by atoms with Crippen molar-refractivity contribution in [3.63, 3.8) is 0 Å². The van der Waals surface area contributed by atoms with Crippen molar-refractivity contribution in [3.8, 4) is 6.07 Å². The average molecular weight is 342 g/mol. The van der Waals surface area contributed by atoms with Crippen LogP contribution in [-0.2, 0) is 11.2 Å². The normalized spacial score (nSPS) is 18.2. The number of anilines is 1. The van der Waals surface area contributed by atoms with Gasteiger partial charge in [-0.2, -0.15) is 5.26 Å². The van der Waals surface area contributed by atoms with Crippen molar-refractivity contribution >= 4 is 23.1 Å². The molecule has 0 saturated carbocycles. The number of aromatic nitrogens is 2. The SMILES string of the molecule is N#Cc1nccnc1N1CCC(NC(=O)C(N)Cc2cccs2)C1. The molecule has 0 radical (unpaired) electrons. The maximum absolute atomic E-state index is 12.3. The van der Waals surface area contributed by atoms with Gasteiger partial charge in [0, 0.05) is 42.8 Å². The van der Waals surface area contributed by atoms with E-state index in [-0.39, 0.29) is 11.9 Å². The zero-order chi connectivity index (χ0) is 16.9. The molecular weight excluding hydrogens is 324 g/mol. The molecule has 0 aliphatic carbocycles. The van der Waals surface area contributed by atoms with Gasteiger partial charge >= 0.3 is 0 Å². The van der Waals surface area contributed by atoms with Crippen molar-refractivity contribution in [1.29, 1.82) is 5.26 Å². The molecule has 124 valence electrons. The largest absolute Gasteiger partial charge is 0.352 e. The molecule has 2 atom stereocenters. The molecule has 3 rings (SSSR count). The topological polar surface area (TPSA) is 108 Å². The summed E-state index contributed by atoms with van der Waals surface area (Å²) < 4.78 is 0. The standard InChI is InChI=1S/C16H18N6OS/c17-9-14-15(20-5-4-19-14)22-6-3-11(10-22)21-16(23)13(18)8-12-2-1-7-24-12/h1-2,4-5,7,11,13H,3,6,8,10,18H2,(H,21,23). The fourth-order valence-corrected chi connectivity index (χ4v) is 3.52. The minimum Gasteiger partial charge on any atom is -0.352 e. The highest BCUT2D eigenvalue weighted by Gasteiger charge is 2.28. The molecule has 1 aliphatic heterocycles. The van der Waals surface area contributed by atoms with Crippen LogP contribution in [0.25, 0.3) is 0 Å². The number of nitrogens with zero attached hydrogens (tertiary/aromatic N) is 4. The van der Waals surface area contributed by atoms with E-state index in [9.17, 15) is 4.79 Å². The third-order valence-corrected chi connectivity index (χ3v) is 4.86. The molecule has 3 N–H and O–H groups in total. The predicted octanol–water partition coefficient (Wildman–Crippen LogP) is 0.675. The number of rotatable bonds is 5. The average Bonchev–Trinajstić information content (AvgIpc) is 3.26. The van der Waals surface area contributed by atoms with Crippen LogP contribution >= 0.6 is 11.3 Å². The van der Waals surface area contributed by atoms with Gasteiger partial charge in [0.25, 0.3) is 0 Å². The lowest BCUT2D eigenvalue weighted by Gasteiger charge is -2.19. The highest BCUT2D eigenvalue weighted by atomic mass is 32.1.